The molecule has 5 rings (SSSR count). The van der Waals surface area contributed by atoms with E-state index in [9.17, 15) is 4.79 Å². The highest BCUT2D eigenvalue weighted by molar-refractivity contribution is 5.96. The van der Waals surface area contributed by atoms with Crippen molar-refractivity contribution in [1.29, 1.82) is 5.26 Å². The van der Waals surface area contributed by atoms with Crippen molar-refractivity contribution < 1.29 is 9.53 Å². The molecule has 4 aromatic heterocycles. The molecule has 0 unspecified atom stereocenters. The van der Waals surface area contributed by atoms with Crippen LogP contribution in [0, 0.1) is 11.3 Å². The van der Waals surface area contributed by atoms with Crippen LogP contribution in [-0.2, 0) is 9.53 Å². The van der Waals surface area contributed by atoms with Crippen molar-refractivity contribution in [2.75, 3.05) is 30.9 Å². The van der Waals surface area contributed by atoms with Gasteiger partial charge in [0.25, 0.3) is 0 Å². The van der Waals surface area contributed by atoms with Gasteiger partial charge in [0, 0.05) is 68.6 Å². The van der Waals surface area contributed by atoms with E-state index in [4.69, 9.17) is 15.0 Å². The molecule has 0 radical (unpaired) electrons. The summed E-state index contributed by atoms with van der Waals surface area (Å²) in [6.07, 6.45) is 7.66. The van der Waals surface area contributed by atoms with Crippen LogP contribution in [0.5, 0.6) is 0 Å². The number of rotatable bonds is 6. The molecule has 0 saturated carbocycles. The Morgan fingerprint density at radius 1 is 1.33 bits per heavy atom. The largest absolute Gasteiger partial charge is 0.381 e. The molecule has 33 heavy (non-hydrogen) atoms. The van der Waals surface area contributed by atoms with E-state index in [1.165, 1.54) is 0 Å². The number of hydrogen-bond donors (Lipinski definition) is 2. The van der Waals surface area contributed by atoms with Crippen molar-refractivity contribution in [3.8, 4) is 17.3 Å². The van der Waals surface area contributed by atoms with Crippen LogP contribution in [0.15, 0.2) is 36.8 Å². The van der Waals surface area contributed by atoms with Gasteiger partial charge < -0.3 is 19.9 Å². The second-order valence-corrected chi connectivity index (χ2v) is 7.94. The highest BCUT2D eigenvalue weighted by Crippen LogP contribution is 2.35. The van der Waals surface area contributed by atoms with Crippen LogP contribution in [0.3, 0.4) is 0 Å². The Labute approximate surface area is 190 Å². The monoisotopic (exact) mass is 444 g/mol. The summed E-state index contributed by atoms with van der Waals surface area (Å²) in [4.78, 5) is 21.7. The lowest BCUT2D eigenvalue weighted by Gasteiger charge is -2.24. The second-order valence-electron chi connectivity index (χ2n) is 7.94. The lowest BCUT2D eigenvalue weighted by molar-refractivity contribution is -0.116. The lowest BCUT2D eigenvalue weighted by Crippen LogP contribution is -2.19. The Morgan fingerprint density at radius 2 is 2.18 bits per heavy atom. The zero-order valence-corrected chi connectivity index (χ0v) is 18.3. The Morgan fingerprint density at radius 3 is 2.97 bits per heavy atom. The molecule has 5 heterocycles. The molecule has 10 heteroatoms. The second kappa shape index (κ2) is 8.88. The van der Waals surface area contributed by atoms with Crippen LogP contribution in [0.1, 0.15) is 31.7 Å². The fourth-order valence-electron chi connectivity index (χ4n) is 4.28. The maximum Gasteiger partial charge on any atom is 0.225 e. The average molecular weight is 444 g/mol. The number of anilines is 2. The first-order valence-electron chi connectivity index (χ1n) is 11.0. The molecule has 4 aromatic rings. The number of nitriles is 1. The Balaban J connectivity index is 1.62. The van der Waals surface area contributed by atoms with Gasteiger partial charge in [-0.2, -0.15) is 14.9 Å². The van der Waals surface area contributed by atoms with E-state index in [0.717, 1.165) is 54.2 Å². The number of hydrogen-bond acceptors (Lipinski definition) is 7. The zero-order chi connectivity index (χ0) is 22.8. The van der Waals surface area contributed by atoms with E-state index in [1.54, 1.807) is 10.7 Å². The first kappa shape index (κ1) is 20.9. The van der Waals surface area contributed by atoms with Gasteiger partial charge in [-0.1, -0.05) is 0 Å². The summed E-state index contributed by atoms with van der Waals surface area (Å²) in [5.41, 5.74) is 3.67. The first-order chi connectivity index (χ1) is 16.2. The summed E-state index contributed by atoms with van der Waals surface area (Å²) in [5.74, 6) is 0.494. The lowest BCUT2D eigenvalue weighted by atomic mass is 10.1. The molecule has 1 fully saturated rings. The minimum Gasteiger partial charge on any atom is -0.381 e. The number of fused-ring (bicyclic) bond motifs is 2. The average Bonchev–Trinajstić information content (AvgIpc) is 3.44. The molecule has 1 amide bonds. The van der Waals surface area contributed by atoms with E-state index in [-0.39, 0.29) is 18.7 Å². The van der Waals surface area contributed by atoms with Crippen molar-refractivity contribution >= 4 is 34.1 Å². The standard InChI is InChI=1S/C23H24N8O2/c1-25-20-12-18(29-23-19(13-27-31(20)23)28-21(32)5-2-8-24)17-14-30(15-6-10-33-11-7-15)22-16(17)4-3-9-26-22/h3-4,9,12-15,25H,2,5-7,10-11H2,1H3,(H,28,32). The summed E-state index contributed by atoms with van der Waals surface area (Å²) in [6, 6.07) is 8.23. The Hall–Kier alpha value is -3.97. The van der Waals surface area contributed by atoms with Crippen LogP contribution in [0.2, 0.25) is 0 Å². The maximum absolute atomic E-state index is 12.2. The van der Waals surface area contributed by atoms with Crippen LogP contribution in [0.25, 0.3) is 27.9 Å². The molecule has 0 aromatic carbocycles. The summed E-state index contributed by atoms with van der Waals surface area (Å²) in [6.45, 7) is 1.48. The van der Waals surface area contributed by atoms with Gasteiger partial charge >= 0.3 is 0 Å². The van der Waals surface area contributed by atoms with Crippen molar-refractivity contribution in [2.45, 2.75) is 31.7 Å². The fourth-order valence-corrected chi connectivity index (χ4v) is 4.28. The van der Waals surface area contributed by atoms with Crippen molar-refractivity contribution in [2.24, 2.45) is 0 Å². The summed E-state index contributed by atoms with van der Waals surface area (Å²) >= 11 is 0. The number of carbonyl (C=O) groups is 1. The zero-order valence-electron chi connectivity index (χ0n) is 18.3. The maximum atomic E-state index is 12.2. The molecule has 1 saturated heterocycles. The molecule has 0 bridgehead atoms. The molecule has 1 aliphatic rings. The van der Waals surface area contributed by atoms with E-state index in [0.29, 0.717) is 17.4 Å². The van der Waals surface area contributed by atoms with Gasteiger partial charge in [-0.05, 0) is 25.0 Å². The van der Waals surface area contributed by atoms with E-state index in [2.05, 4.69) is 37.5 Å². The van der Waals surface area contributed by atoms with Crippen LogP contribution >= 0.6 is 0 Å². The highest BCUT2D eigenvalue weighted by atomic mass is 16.5. The topological polar surface area (TPSA) is 122 Å². The van der Waals surface area contributed by atoms with Crippen LogP contribution < -0.4 is 10.6 Å². The molecule has 0 atom stereocenters. The summed E-state index contributed by atoms with van der Waals surface area (Å²) < 4.78 is 9.43. The molecule has 0 aliphatic carbocycles. The molecule has 0 spiro atoms. The molecule has 1 aliphatic heterocycles. The quantitative estimate of drug-likeness (QED) is 0.467. The van der Waals surface area contributed by atoms with Gasteiger partial charge in [-0.25, -0.2) is 9.97 Å². The molecular formula is C23H24N8O2. The predicted molar refractivity (Wildman–Crippen MR) is 124 cm³/mol. The normalized spacial score (nSPS) is 14.4. The molecule has 2 N–H and O–H groups in total. The van der Waals surface area contributed by atoms with Crippen molar-refractivity contribution in [1.82, 2.24) is 24.1 Å². The number of amides is 1. The van der Waals surface area contributed by atoms with Gasteiger partial charge in [0.05, 0.1) is 18.0 Å². The Kier molecular flexibility index (Phi) is 5.62. The third-order valence-electron chi connectivity index (χ3n) is 5.92. The summed E-state index contributed by atoms with van der Waals surface area (Å²) in [7, 11) is 1.82. The number of aromatic nitrogens is 5. The minimum absolute atomic E-state index is 0.122. The van der Waals surface area contributed by atoms with Crippen LogP contribution in [-0.4, -0.2) is 50.3 Å². The van der Waals surface area contributed by atoms with E-state index < -0.39 is 0 Å². The van der Waals surface area contributed by atoms with Crippen molar-refractivity contribution in [3.63, 3.8) is 0 Å². The van der Waals surface area contributed by atoms with Gasteiger partial charge in [0.15, 0.2) is 5.65 Å². The molecule has 10 nitrogen and oxygen atoms in total. The number of nitrogens with one attached hydrogen (secondary N) is 2. The number of nitrogens with zero attached hydrogens (tertiary/aromatic N) is 6. The minimum atomic E-state index is -0.245. The molecule has 168 valence electrons. The van der Waals surface area contributed by atoms with Gasteiger partial charge in [0.1, 0.15) is 17.2 Å². The highest BCUT2D eigenvalue weighted by Gasteiger charge is 2.22. The van der Waals surface area contributed by atoms with Crippen molar-refractivity contribution in [3.05, 3.63) is 36.8 Å². The number of carbonyl (C=O) groups excluding carboxylic acids is 1. The number of ether oxygens (including phenoxy) is 1. The first-order valence-corrected chi connectivity index (χ1v) is 11.0. The third kappa shape index (κ3) is 3.87. The number of pyridine rings is 1. The molecular weight excluding hydrogens is 420 g/mol. The van der Waals surface area contributed by atoms with E-state index in [1.807, 2.05) is 31.4 Å². The van der Waals surface area contributed by atoms with Crippen LogP contribution in [0.4, 0.5) is 11.5 Å². The summed E-state index contributed by atoms with van der Waals surface area (Å²) in [5, 5.41) is 20.1. The smallest absolute Gasteiger partial charge is 0.225 e. The van der Waals surface area contributed by atoms with Gasteiger partial charge in [0.2, 0.25) is 5.91 Å². The third-order valence-corrected chi connectivity index (χ3v) is 5.92. The fraction of sp³-hybridized carbons (Fsp3) is 0.348. The Bertz CT molecular complexity index is 1360. The van der Waals surface area contributed by atoms with E-state index >= 15 is 0 Å². The van der Waals surface area contributed by atoms with Gasteiger partial charge in [-0.3, -0.25) is 4.79 Å². The SMILES string of the molecule is CNc1cc(-c2cn(C3CCOCC3)c3ncccc23)nc2c(NC(=O)CCC#N)cnn12. The van der Waals surface area contributed by atoms with Gasteiger partial charge in [-0.15, -0.1) is 0 Å². The predicted octanol–water partition coefficient (Wildman–Crippen LogP) is 3.38.